The highest BCUT2D eigenvalue weighted by atomic mass is 19.1. The standard InChI is InChI=1S/C23H22F2N6O/c24-17-6-5-14-15(21(17)16-2-1-8-26-22(16)25)7-9-30-18(14)10-19(27-11-20(30)32)31-12-28-23(29-31)13-3-4-13/h1-2,6,8,10,13-14H,3-5,7,9,11-12H2,(H,28,29). The number of aliphatic imine (C=N–C) groups is 2. The molecular formula is C23H22F2N6O. The van der Waals surface area contributed by atoms with Crippen molar-refractivity contribution in [3.63, 3.8) is 0 Å². The minimum Gasteiger partial charge on any atom is -0.314 e. The number of hydrogen-bond acceptors (Lipinski definition) is 6. The van der Waals surface area contributed by atoms with Crippen LogP contribution in [-0.2, 0) is 4.79 Å². The zero-order valence-corrected chi connectivity index (χ0v) is 17.4. The highest BCUT2D eigenvalue weighted by molar-refractivity contribution is 6.00. The fraction of sp³-hybridized carbons (Fsp3) is 0.391. The summed E-state index contributed by atoms with van der Waals surface area (Å²) in [6.07, 6.45) is 7.90. The van der Waals surface area contributed by atoms with Gasteiger partial charge < -0.3 is 4.90 Å². The molecule has 2 aliphatic carbocycles. The Morgan fingerprint density at radius 1 is 1.19 bits per heavy atom. The van der Waals surface area contributed by atoms with Gasteiger partial charge in [0.2, 0.25) is 11.9 Å². The molecule has 1 saturated heterocycles. The van der Waals surface area contributed by atoms with Crippen LogP contribution in [-0.4, -0.2) is 52.2 Å². The lowest BCUT2D eigenvalue weighted by Crippen LogP contribution is -2.42. The van der Waals surface area contributed by atoms with Crippen molar-refractivity contribution in [2.45, 2.75) is 25.7 Å². The Bertz CT molecular complexity index is 1160. The summed E-state index contributed by atoms with van der Waals surface area (Å²) >= 11 is 0. The molecule has 1 amide bonds. The molecule has 4 heterocycles. The first-order valence-corrected chi connectivity index (χ1v) is 10.9. The second kappa shape index (κ2) is 7.36. The smallest absolute Gasteiger partial charge is 0.248 e. The third-order valence-corrected chi connectivity index (χ3v) is 6.64. The first-order valence-electron chi connectivity index (χ1n) is 10.9. The van der Waals surface area contributed by atoms with Gasteiger partial charge in [-0.3, -0.25) is 15.2 Å². The molecule has 9 heteroatoms. The Morgan fingerprint density at radius 3 is 2.88 bits per heavy atom. The molecule has 5 aliphatic rings. The van der Waals surface area contributed by atoms with E-state index in [9.17, 15) is 13.6 Å². The van der Waals surface area contributed by atoms with Gasteiger partial charge in [0.15, 0.2) is 0 Å². The highest BCUT2D eigenvalue weighted by Gasteiger charge is 2.39. The van der Waals surface area contributed by atoms with Crippen LogP contribution >= 0.6 is 0 Å². The Hall–Kier alpha value is -3.36. The van der Waals surface area contributed by atoms with Gasteiger partial charge >= 0.3 is 0 Å². The Kier molecular flexibility index (Phi) is 4.44. The summed E-state index contributed by atoms with van der Waals surface area (Å²) in [6.45, 7) is 0.901. The number of allylic oxidation sites excluding steroid dienone is 4. The van der Waals surface area contributed by atoms with Crippen molar-refractivity contribution in [3.05, 3.63) is 59.1 Å². The van der Waals surface area contributed by atoms with Gasteiger partial charge in [0.05, 0.1) is 0 Å². The van der Waals surface area contributed by atoms with Crippen molar-refractivity contribution in [2.24, 2.45) is 21.8 Å². The average Bonchev–Trinajstić information content (AvgIpc) is 3.56. The molecule has 1 aromatic heterocycles. The van der Waals surface area contributed by atoms with E-state index in [4.69, 9.17) is 0 Å². The Labute approximate surface area is 183 Å². The number of amidine groups is 2. The van der Waals surface area contributed by atoms with E-state index >= 15 is 0 Å². The number of aromatic nitrogens is 1. The van der Waals surface area contributed by atoms with Gasteiger partial charge in [0.1, 0.15) is 30.7 Å². The molecule has 0 aromatic carbocycles. The second-order valence-electron chi connectivity index (χ2n) is 8.62. The summed E-state index contributed by atoms with van der Waals surface area (Å²) in [5.74, 6) is 0.661. The SMILES string of the molecule is O=C1CN=C(N2CN=C(C3CC3)N2)C=C2C3CC=C(F)C(c4cccnc4F)=C3CCN12. The number of carbonyl (C=O) groups is 1. The second-order valence-corrected chi connectivity index (χ2v) is 8.62. The lowest BCUT2D eigenvalue weighted by Gasteiger charge is -2.39. The maximum absolute atomic E-state index is 15.0. The van der Waals surface area contributed by atoms with Crippen molar-refractivity contribution in [3.8, 4) is 0 Å². The summed E-state index contributed by atoms with van der Waals surface area (Å²) in [7, 11) is 0. The third kappa shape index (κ3) is 3.14. The molecule has 164 valence electrons. The average molecular weight is 436 g/mol. The zero-order valence-electron chi connectivity index (χ0n) is 17.4. The van der Waals surface area contributed by atoms with Gasteiger partial charge in [0, 0.05) is 47.5 Å². The van der Waals surface area contributed by atoms with Crippen molar-refractivity contribution in [2.75, 3.05) is 19.8 Å². The number of rotatable bonds is 2. The maximum atomic E-state index is 15.0. The molecular weight excluding hydrogens is 414 g/mol. The van der Waals surface area contributed by atoms with Crippen LogP contribution in [0.1, 0.15) is 31.2 Å². The number of carbonyl (C=O) groups excluding carboxylic acids is 1. The summed E-state index contributed by atoms with van der Waals surface area (Å²) in [4.78, 5) is 27.4. The zero-order chi connectivity index (χ0) is 21.8. The topological polar surface area (TPSA) is 73.2 Å². The molecule has 1 N–H and O–H groups in total. The normalized spacial score (nSPS) is 25.3. The highest BCUT2D eigenvalue weighted by Crippen LogP contribution is 2.46. The lowest BCUT2D eigenvalue weighted by molar-refractivity contribution is -0.128. The number of hydrazine groups is 1. The molecule has 7 nitrogen and oxygen atoms in total. The molecule has 0 spiro atoms. The van der Waals surface area contributed by atoms with E-state index in [1.807, 2.05) is 11.1 Å². The monoisotopic (exact) mass is 436 g/mol. The third-order valence-electron chi connectivity index (χ3n) is 6.64. The van der Waals surface area contributed by atoms with Gasteiger partial charge in [-0.2, -0.15) is 4.39 Å². The maximum Gasteiger partial charge on any atom is 0.248 e. The van der Waals surface area contributed by atoms with Crippen LogP contribution < -0.4 is 5.43 Å². The number of nitrogens with one attached hydrogen (secondary N) is 1. The van der Waals surface area contributed by atoms with Gasteiger partial charge in [-0.25, -0.2) is 19.4 Å². The van der Waals surface area contributed by atoms with Gasteiger partial charge in [-0.05, 0) is 49.5 Å². The predicted octanol–water partition coefficient (Wildman–Crippen LogP) is 2.96. The van der Waals surface area contributed by atoms with E-state index in [0.717, 1.165) is 29.9 Å². The number of nitrogens with zero attached hydrogens (tertiary/aromatic N) is 5. The molecule has 3 aliphatic heterocycles. The molecule has 1 saturated carbocycles. The fourth-order valence-corrected chi connectivity index (χ4v) is 4.90. The minimum atomic E-state index is -0.694. The largest absolute Gasteiger partial charge is 0.314 e. The van der Waals surface area contributed by atoms with Crippen LogP contribution in [0, 0.1) is 17.8 Å². The molecule has 1 atom stereocenters. The molecule has 6 rings (SSSR count). The van der Waals surface area contributed by atoms with E-state index in [-0.39, 0.29) is 29.5 Å². The first kappa shape index (κ1) is 19.3. The Balaban J connectivity index is 1.39. The van der Waals surface area contributed by atoms with Crippen molar-refractivity contribution < 1.29 is 13.6 Å². The molecule has 0 bridgehead atoms. The molecule has 0 radical (unpaired) electrons. The van der Waals surface area contributed by atoms with Crippen LogP contribution in [0.25, 0.3) is 5.57 Å². The minimum absolute atomic E-state index is 0.0480. The Morgan fingerprint density at radius 2 is 2.06 bits per heavy atom. The quantitative estimate of drug-likeness (QED) is 0.724. The van der Waals surface area contributed by atoms with Crippen LogP contribution in [0.5, 0.6) is 0 Å². The number of piperidine rings is 1. The van der Waals surface area contributed by atoms with Gasteiger partial charge in [-0.15, -0.1) is 0 Å². The molecule has 1 unspecified atom stereocenters. The van der Waals surface area contributed by atoms with Crippen molar-refractivity contribution in [1.29, 1.82) is 0 Å². The van der Waals surface area contributed by atoms with Crippen LogP contribution in [0.4, 0.5) is 8.78 Å². The number of halogens is 2. The van der Waals surface area contributed by atoms with Crippen LogP contribution in [0.15, 0.2) is 57.6 Å². The van der Waals surface area contributed by atoms with Crippen LogP contribution in [0.2, 0.25) is 0 Å². The van der Waals surface area contributed by atoms with Crippen molar-refractivity contribution >= 4 is 23.2 Å². The van der Waals surface area contributed by atoms with E-state index in [2.05, 4.69) is 20.4 Å². The van der Waals surface area contributed by atoms with Gasteiger partial charge in [-0.1, -0.05) is 0 Å². The van der Waals surface area contributed by atoms with Crippen molar-refractivity contribution in [1.82, 2.24) is 20.3 Å². The summed E-state index contributed by atoms with van der Waals surface area (Å²) in [5.41, 5.74) is 5.32. The molecule has 32 heavy (non-hydrogen) atoms. The lowest BCUT2D eigenvalue weighted by atomic mass is 9.77. The van der Waals surface area contributed by atoms with Gasteiger partial charge in [0.25, 0.3) is 0 Å². The summed E-state index contributed by atoms with van der Waals surface area (Å²) in [5, 5.41) is 1.86. The van der Waals surface area contributed by atoms with E-state index in [1.165, 1.54) is 12.3 Å². The molecule has 2 fully saturated rings. The number of hydrogen-bond donors (Lipinski definition) is 1. The number of pyridine rings is 1. The summed E-state index contributed by atoms with van der Waals surface area (Å²) < 4.78 is 29.4. The molecule has 1 aromatic rings. The first-order chi connectivity index (χ1) is 15.6. The predicted molar refractivity (Wildman–Crippen MR) is 115 cm³/mol. The van der Waals surface area contributed by atoms with E-state index in [0.29, 0.717) is 37.8 Å². The summed E-state index contributed by atoms with van der Waals surface area (Å²) in [6, 6.07) is 3.16. The van der Waals surface area contributed by atoms with Crippen LogP contribution in [0.3, 0.4) is 0 Å². The fourth-order valence-electron chi connectivity index (χ4n) is 4.90. The van der Waals surface area contributed by atoms with E-state index in [1.54, 1.807) is 17.0 Å². The van der Waals surface area contributed by atoms with E-state index < -0.39 is 11.8 Å². The number of amides is 1. The number of fused-ring (bicyclic) bond motifs is 3.